The number of hydrazone groups is 1. The lowest BCUT2D eigenvalue weighted by Crippen LogP contribution is -2.34. The Kier molecular flexibility index (Phi) is 4.60. The molecule has 2 aromatic rings. The van der Waals surface area contributed by atoms with Crippen molar-refractivity contribution in [2.24, 2.45) is 11.0 Å². The lowest BCUT2D eigenvalue weighted by atomic mass is 9.82. The minimum Gasteiger partial charge on any atom is -0.399 e. The summed E-state index contributed by atoms with van der Waals surface area (Å²) in [6, 6.07) is 13.6. The molecule has 0 unspecified atom stereocenters. The molecule has 4 rings (SSSR count). The van der Waals surface area contributed by atoms with Gasteiger partial charge in [-0.05, 0) is 55.7 Å². The molecule has 0 spiro atoms. The molecule has 5 heteroatoms. The smallest absolute Gasteiger partial charge is 0.349 e. The minimum absolute atomic E-state index is 0.155. The Morgan fingerprint density at radius 3 is 2.44 bits per heavy atom. The number of urea groups is 1. The van der Waals surface area contributed by atoms with E-state index in [4.69, 9.17) is 10.8 Å². The first-order valence-corrected chi connectivity index (χ1v) is 9.67. The lowest BCUT2D eigenvalue weighted by Gasteiger charge is -2.26. The van der Waals surface area contributed by atoms with E-state index in [-0.39, 0.29) is 6.03 Å². The monoisotopic (exact) mass is 362 g/mol. The third-order valence-corrected chi connectivity index (χ3v) is 5.54. The van der Waals surface area contributed by atoms with Crippen molar-refractivity contribution in [1.82, 2.24) is 5.01 Å². The number of hydrogen-bond donors (Lipinski definition) is 1. The van der Waals surface area contributed by atoms with E-state index >= 15 is 0 Å². The maximum Gasteiger partial charge on any atom is 0.349 e. The van der Waals surface area contributed by atoms with Crippen LogP contribution in [0.4, 0.5) is 21.9 Å². The van der Waals surface area contributed by atoms with Crippen LogP contribution in [-0.2, 0) is 0 Å². The first-order chi connectivity index (χ1) is 13.0. The maximum absolute atomic E-state index is 13.2. The van der Waals surface area contributed by atoms with Gasteiger partial charge in [-0.15, -0.1) is 0 Å². The van der Waals surface area contributed by atoms with Gasteiger partial charge in [-0.1, -0.05) is 31.4 Å². The van der Waals surface area contributed by atoms with Crippen LogP contribution in [-0.4, -0.2) is 23.8 Å². The summed E-state index contributed by atoms with van der Waals surface area (Å²) in [5, 5.41) is 6.26. The summed E-state index contributed by atoms with van der Waals surface area (Å²) in [5.41, 5.74) is 11.4. The van der Waals surface area contributed by atoms with E-state index in [1.807, 2.05) is 24.3 Å². The molecule has 2 N–H and O–H groups in total. The number of nitrogens with two attached hydrogens (primary N) is 1. The standard InChI is InChI=1S/C22H26N4O/c1-15-8-13-19-20(14-15)26(18-11-9-17(23)10-12-18)22(27)25(2)24-21(19)16-6-4-3-5-7-16/h8-14,16H,3-7,23H2,1-2H3. The largest absolute Gasteiger partial charge is 0.399 e. The molecule has 0 bridgehead atoms. The van der Waals surface area contributed by atoms with Crippen LogP contribution in [0.15, 0.2) is 47.6 Å². The number of hydrogen-bond acceptors (Lipinski definition) is 3. The first kappa shape index (κ1) is 17.6. The highest BCUT2D eigenvalue weighted by atomic mass is 16.2. The van der Waals surface area contributed by atoms with Crippen LogP contribution in [0.2, 0.25) is 0 Å². The van der Waals surface area contributed by atoms with E-state index < -0.39 is 0 Å². The summed E-state index contributed by atoms with van der Waals surface area (Å²) in [6.07, 6.45) is 6.01. The highest BCUT2D eigenvalue weighted by molar-refractivity contribution is 6.13. The van der Waals surface area contributed by atoms with Gasteiger partial charge in [0.1, 0.15) is 0 Å². The fourth-order valence-electron chi connectivity index (χ4n) is 4.10. The number of aryl methyl sites for hydroxylation is 1. The van der Waals surface area contributed by atoms with Crippen molar-refractivity contribution in [3.05, 3.63) is 53.6 Å². The number of benzene rings is 2. The predicted octanol–water partition coefficient (Wildman–Crippen LogP) is 5.07. The van der Waals surface area contributed by atoms with Crippen LogP contribution in [0.25, 0.3) is 0 Å². The Labute approximate surface area is 160 Å². The van der Waals surface area contributed by atoms with Gasteiger partial charge in [-0.3, -0.25) is 4.90 Å². The number of anilines is 3. The van der Waals surface area contributed by atoms with Gasteiger partial charge in [0.15, 0.2) is 0 Å². The highest BCUT2D eigenvalue weighted by Crippen LogP contribution is 2.37. The third kappa shape index (κ3) is 3.29. The summed E-state index contributed by atoms with van der Waals surface area (Å²) in [7, 11) is 1.74. The van der Waals surface area contributed by atoms with Gasteiger partial charge in [0.2, 0.25) is 0 Å². The number of carbonyl (C=O) groups is 1. The van der Waals surface area contributed by atoms with Crippen LogP contribution in [0.3, 0.4) is 0 Å². The van der Waals surface area contributed by atoms with E-state index in [1.165, 1.54) is 24.3 Å². The molecule has 27 heavy (non-hydrogen) atoms. The summed E-state index contributed by atoms with van der Waals surface area (Å²) in [4.78, 5) is 15.0. The summed E-state index contributed by atoms with van der Waals surface area (Å²) < 4.78 is 0. The molecule has 140 valence electrons. The molecule has 1 aliphatic carbocycles. The van der Waals surface area contributed by atoms with Gasteiger partial charge in [-0.2, -0.15) is 5.10 Å². The van der Waals surface area contributed by atoms with E-state index in [2.05, 4.69) is 25.1 Å². The molecule has 1 aliphatic heterocycles. The average Bonchev–Trinajstić information content (AvgIpc) is 2.78. The fraction of sp³-hybridized carbons (Fsp3) is 0.364. The van der Waals surface area contributed by atoms with Crippen LogP contribution >= 0.6 is 0 Å². The number of rotatable bonds is 2. The number of fused-ring (bicyclic) bond motifs is 1. The first-order valence-electron chi connectivity index (χ1n) is 9.67. The van der Waals surface area contributed by atoms with Crippen molar-refractivity contribution in [3.8, 4) is 0 Å². The zero-order valence-electron chi connectivity index (χ0n) is 16.0. The molecular weight excluding hydrogens is 336 g/mol. The van der Waals surface area contributed by atoms with Crippen molar-refractivity contribution in [2.45, 2.75) is 39.0 Å². The molecule has 2 aliphatic rings. The Morgan fingerprint density at radius 1 is 1.04 bits per heavy atom. The van der Waals surface area contributed by atoms with Crippen LogP contribution in [0.1, 0.15) is 43.2 Å². The number of nitrogen functional groups attached to an aromatic ring is 1. The molecule has 0 saturated heterocycles. The average molecular weight is 362 g/mol. The van der Waals surface area contributed by atoms with Crippen LogP contribution in [0.5, 0.6) is 0 Å². The molecule has 0 aromatic heterocycles. The van der Waals surface area contributed by atoms with E-state index in [1.54, 1.807) is 11.9 Å². The second-order valence-electron chi connectivity index (χ2n) is 7.57. The van der Waals surface area contributed by atoms with Crippen LogP contribution < -0.4 is 10.6 Å². The second-order valence-corrected chi connectivity index (χ2v) is 7.57. The van der Waals surface area contributed by atoms with Gasteiger partial charge in [0, 0.05) is 24.2 Å². The van der Waals surface area contributed by atoms with Gasteiger partial charge in [0.05, 0.1) is 17.1 Å². The zero-order valence-corrected chi connectivity index (χ0v) is 16.0. The molecule has 1 saturated carbocycles. The molecule has 1 fully saturated rings. The van der Waals surface area contributed by atoms with Gasteiger partial charge >= 0.3 is 6.03 Å². The number of carbonyl (C=O) groups excluding carboxylic acids is 1. The Morgan fingerprint density at radius 2 is 1.74 bits per heavy atom. The maximum atomic E-state index is 13.2. The molecule has 2 aromatic carbocycles. The highest BCUT2D eigenvalue weighted by Gasteiger charge is 2.32. The van der Waals surface area contributed by atoms with E-state index in [0.717, 1.165) is 41.1 Å². The summed E-state index contributed by atoms with van der Waals surface area (Å²) in [5.74, 6) is 0.404. The third-order valence-electron chi connectivity index (χ3n) is 5.54. The quantitative estimate of drug-likeness (QED) is 0.759. The SMILES string of the molecule is Cc1ccc2c(c1)N(c1ccc(N)cc1)C(=O)N(C)N=C2C1CCCCC1. The van der Waals surface area contributed by atoms with E-state index in [0.29, 0.717) is 11.6 Å². The van der Waals surface area contributed by atoms with Gasteiger partial charge < -0.3 is 5.73 Å². The summed E-state index contributed by atoms with van der Waals surface area (Å²) >= 11 is 0. The molecule has 2 amide bonds. The Hall–Kier alpha value is -2.82. The topological polar surface area (TPSA) is 61.9 Å². The predicted molar refractivity (Wildman–Crippen MR) is 110 cm³/mol. The molecule has 0 atom stereocenters. The number of amides is 2. The molecule has 0 radical (unpaired) electrons. The van der Waals surface area contributed by atoms with Crippen molar-refractivity contribution >= 4 is 28.8 Å². The molecule has 5 nitrogen and oxygen atoms in total. The number of nitrogens with zero attached hydrogens (tertiary/aromatic N) is 3. The van der Waals surface area contributed by atoms with Crippen molar-refractivity contribution < 1.29 is 4.79 Å². The van der Waals surface area contributed by atoms with Crippen molar-refractivity contribution in [3.63, 3.8) is 0 Å². The summed E-state index contributed by atoms with van der Waals surface area (Å²) in [6.45, 7) is 2.05. The molecular formula is C22H26N4O. The van der Waals surface area contributed by atoms with Crippen molar-refractivity contribution in [2.75, 3.05) is 17.7 Å². The van der Waals surface area contributed by atoms with E-state index in [9.17, 15) is 4.79 Å². The fourth-order valence-corrected chi connectivity index (χ4v) is 4.10. The van der Waals surface area contributed by atoms with Gasteiger partial charge in [-0.25, -0.2) is 9.80 Å². The molecule has 1 heterocycles. The lowest BCUT2D eigenvalue weighted by molar-refractivity contribution is 0.220. The van der Waals surface area contributed by atoms with Crippen LogP contribution in [0, 0.1) is 12.8 Å². The minimum atomic E-state index is -0.155. The Balaban J connectivity index is 1.87. The van der Waals surface area contributed by atoms with Gasteiger partial charge in [0.25, 0.3) is 0 Å². The second kappa shape index (κ2) is 7.06. The Bertz CT molecular complexity index is 882. The normalized spacial score (nSPS) is 18.1. The van der Waals surface area contributed by atoms with Crippen molar-refractivity contribution in [1.29, 1.82) is 0 Å². The zero-order chi connectivity index (χ0) is 19.0.